The van der Waals surface area contributed by atoms with Crippen molar-refractivity contribution in [3.05, 3.63) is 108 Å². The van der Waals surface area contributed by atoms with Gasteiger partial charge in [0.2, 0.25) is 5.91 Å². The van der Waals surface area contributed by atoms with Crippen molar-refractivity contribution in [2.45, 2.75) is 18.8 Å². The molecule has 0 unspecified atom stereocenters. The molecular formula is C24H23N3O. The average Bonchev–Trinajstić information content (AvgIpc) is 3.16. The van der Waals surface area contributed by atoms with Crippen molar-refractivity contribution in [3.63, 3.8) is 0 Å². The highest BCUT2D eigenvalue weighted by Gasteiger charge is 2.21. The van der Waals surface area contributed by atoms with Gasteiger partial charge < -0.3 is 9.72 Å². The van der Waals surface area contributed by atoms with Crippen LogP contribution >= 0.6 is 0 Å². The number of fused-ring (bicyclic) bond motifs is 1. The van der Waals surface area contributed by atoms with Gasteiger partial charge in [-0.15, -0.1) is 0 Å². The first kappa shape index (κ1) is 18.0. The third-order valence-corrected chi connectivity index (χ3v) is 4.92. The molecule has 0 saturated heterocycles. The van der Waals surface area contributed by atoms with E-state index in [0.717, 1.165) is 35.3 Å². The monoisotopic (exact) mass is 369 g/mol. The number of hydrogen-bond acceptors (Lipinski definition) is 2. The maximum Gasteiger partial charge on any atom is 0.232 e. The van der Waals surface area contributed by atoms with Crippen LogP contribution in [-0.4, -0.2) is 21.8 Å². The number of aryl methyl sites for hydroxylation is 1. The Balaban J connectivity index is 1.41. The second-order valence-electron chi connectivity index (χ2n) is 6.82. The summed E-state index contributed by atoms with van der Waals surface area (Å²) in [6, 6.07) is 25.9. The number of carbonyl (C=O) groups excluding carboxylic acids is 1. The number of nitrogens with one attached hydrogen (secondary N) is 1. The summed E-state index contributed by atoms with van der Waals surface area (Å²) >= 11 is 0. The fourth-order valence-corrected chi connectivity index (χ4v) is 3.53. The predicted molar refractivity (Wildman–Crippen MR) is 111 cm³/mol. The maximum atomic E-state index is 13.0. The van der Waals surface area contributed by atoms with E-state index in [4.69, 9.17) is 0 Å². The van der Waals surface area contributed by atoms with Gasteiger partial charge in [0.25, 0.3) is 0 Å². The number of pyridine rings is 1. The molecule has 4 nitrogen and oxygen atoms in total. The third-order valence-electron chi connectivity index (χ3n) is 4.92. The molecule has 0 atom stereocenters. The molecule has 4 heteroatoms. The summed E-state index contributed by atoms with van der Waals surface area (Å²) in [7, 11) is 0. The number of carbonyl (C=O) groups is 1. The zero-order valence-electron chi connectivity index (χ0n) is 15.7. The Bertz CT molecular complexity index is 1000. The first-order chi connectivity index (χ1) is 13.8. The number of imidazole rings is 1. The molecule has 1 amide bonds. The van der Waals surface area contributed by atoms with E-state index in [1.165, 1.54) is 0 Å². The van der Waals surface area contributed by atoms with Crippen molar-refractivity contribution in [3.8, 4) is 0 Å². The van der Waals surface area contributed by atoms with Gasteiger partial charge in [-0.3, -0.25) is 4.79 Å². The smallest absolute Gasteiger partial charge is 0.232 e. The van der Waals surface area contributed by atoms with Gasteiger partial charge in [0.1, 0.15) is 5.82 Å². The highest BCUT2D eigenvalue weighted by molar-refractivity contribution is 5.87. The summed E-state index contributed by atoms with van der Waals surface area (Å²) in [6.45, 7) is 0.622. The molecule has 2 aromatic heterocycles. The van der Waals surface area contributed by atoms with E-state index in [9.17, 15) is 4.79 Å². The van der Waals surface area contributed by atoms with Crippen LogP contribution in [-0.2, 0) is 11.2 Å². The van der Waals surface area contributed by atoms with Crippen molar-refractivity contribution < 1.29 is 4.79 Å². The minimum absolute atomic E-state index is 0.0328. The van der Waals surface area contributed by atoms with Crippen molar-refractivity contribution in [1.29, 1.82) is 0 Å². The quantitative estimate of drug-likeness (QED) is 0.496. The van der Waals surface area contributed by atoms with Crippen molar-refractivity contribution in [2.24, 2.45) is 0 Å². The molecule has 4 rings (SSSR count). The number of aromatic nitrogens is 2. The van der Waals surface area contributed by atoms with Crippen molar-refractivity contribution >= 4 is 11.4 Å². The van der Waals surface area contributed by atoms with E-state index < -0.39 is 0 Å². The number of hydrogen-bond donors (Lipinski definition) is 1. The predicted octanol–water partition coefficient (Wildman–Crippen LogP) is 4.22. The van der Waals surface area contributed by atoms with Crippen LogP contribution in [0.1, 0.15) is 29.3 Å². The van der Waals surface area contributed by atoms with Crippen molar-refractivity contribution in [1.82, 2.24) is 14.7 Å². The molecule has 0 aliphatic heterocycles. The van der Waals surface area contributed by atoms with Gasteiger partial charge in [-0.25, -0.2) is 4.98 Å². The summed E-state index contributed by atoms with van der Waals surface area (Å²) in [4.78, 5) is 17.5. The fraction of sp³-hybridized carbons (Fsp3) is 0.167. The molecule has 0 radical (unpaired) electrons. The molecule has 0 bridgehead atoms. The van der Waals surface area contributed by atoms with Gasteiger partial charge in [-0.1, -0.05) is 66.7 Å². The lowest BCUT2D eigenvalue weighted by Gasteiger charge is -2.18. The first-order valence-corrected chi connectivity index (χ1v) is 9.61. The molecule has 0 saturated carbocycles. The van der Waals surface area contributed by atoms with Gasteiger partial charge in [0.05, 0.1) is 17.6 Å². The highest BCUT2D eigenvalue weighted by Crippen LogP contribution is 2.24. The van der Waals surface area contributed by atoms with Crippen LogP contribution < -0.4 is 5.32 Å². The van der Waals surface area contributed by atoms with Gasteiger partial charge in [-0.05, 0) is 29.7 Å². The van der Waals surface area contributed by atoms with E-state index in [0.29, 0.717) is 6.54 Å². The average molecular weight is 369 g/mol. The Labute approximate surface area is 164 Å². The van der Waals surface area contributed by atoms with E-state index in [1.807, 2.05) is 91.3 Å². The second-order valence-corrected chi connectivity index (χ2v) is 6.82. The first-order valence-electron chi connectivity index (χ1n) is 9.61. The maximum absolute atomic E-state index is 13.0. The number of amides is 1. The minimum atomic E-state index is -0.297. The molecule has 0 aliphatic carbocycles. The van der Waals surface area contributed by atoms with E-state index in [1.54, 1.807) is 0 Å². The van der Waals surface area contributed by atoms with Gasteiger partial charge in [-0.2, -0.15) is 0 Å². The number of nitrogens with zero attached hydrogens (tertiary/aromatic N) is 2. The summed E-state index contributed by atoms with van der Waals surface area (Å²) in [5, 5.41) is 3.11. The number of rotatable bonds is 7. The summed E-state index contributed by atoms with van der Waals surface area (Å²) in [5.74, 6) is 0.757. The normalized spacial score (nSPS) is 11.0. The van der Waals surface area contributed by atoms with Crippen LogP contribution in [0, 0.1) is 0 Å². The molecule has 140 valence electrons. The molecule has 2 aromatic carbocycles. The van der Waals surface area contributed by atoms with Crippen LogP contribution in [0.25, 0.3) is 5.52 Å². The summed E-state index contributed by atoms with van der Waals surface area (Å²) in [6.07, 6.45) is 5.57. The van der Waals surface area contributed by atoms with Gasteiger partial charge in [0, 0.05) is 19.2 Å². The summed E-state index contributed by atoms with van der Waals surface area (Å²) in [5.41, 5.74) is 3.10. The van der Waals surface area contributed by atoms with E-state index in [2.05, 4.69) is 14.7 Å². The highest BCUT2D eigenvalue weighted by atomic mass is 16.1. The topological polar surface area (TPSA) is 46.4 Å². The Morgan fingerprint density at radius 1 is 0.893 bits per heavy atom. The molecule has 4 aromatic rings. The second kappa shape index (κ2) is 8.53. The van der Waals surface area contributed by atoms with Gasteiger partial charge in [0.15, 0.2) is 0 Å². The lowest BCUT2D eigenvalue weighted by atomic mass is 9.90. The zero-order chi connectivity index (χ0) is 19.2. The van der Waals surface area contributed by atoms with Crippen molar-refractivity contribution in [2.75, 3.05) is 6.54 Å². The number of benzene rings is 2. The molecule has 28 heavy (non-hydrogen) atoms. The molecule has 0 spiro atoms. The zero-order valence-corrected chi connectivity index (χ0v) is 15.7. The Morgan fingerprint density at radius 3 is 2.21 bits per heavy atom. The van der Waals surface area contributed by atoms with Crippen LogP contribution in [0.2, 0.25) is 0 Å². The Hall–Kier alpha value is -3.40. The van der Waals surface area contributed by atoms with Crippen LogP contribution in [0.5, 0.6) is 0 Å². The van der Waals surface area contributed by atoms with Crippen LogP contribution in [0.15, 0.2) is 91.3 Å². The van der Waals surface area contributed by atoms with E-state index in [-0.39, 0.29) is 11.8 Å². The third kappa shape index (κ3) is 3.96. The summed E-state index contributed by atoms with van der Waals surface area (Å²) < 4.78 is 2.10. The molecular weight excluding hydrogens is 346 g/mol. The standard InChI is InChI=1S/C24H23N3O/c28-24(23(19-10-3-1-4-11-19)20-12-5-2-6-13-20)25-16-9-15-22-26-18-21-14-7-8-17-27(21)22/h1-8,10-14,17-18,23H,9,15-16H2,(H,25,28). The van der Waals surface area contributed by atoms with E-state index >= 15 is 0 Å². The largest absolute Gasteiger partial charge is 0.355 e. The molecule has 0 fully saturated rings. The van der Waals surface area contributed by atoms with Crippen LogP contribution in [0.3, 0.4) is 0 Å². The van der Waals surface area contributed by atoms with Gasteiger partial charge >= 0.3 is 0 Å². The van der Waals surface area contributed by atoms with Crippen LogP contribution in [0.4, 0.5) is 0 Å². The SMILES string of the molecule is O=C(NCCCc1ncc2ccccn12)C(c1ccccc1)c1ccccc1. The molecule has 0 aliphatic rings. The Morgan fingerprint density at radius 2 is 1.54 bits per heavy atom. The minimum Gasteiger partial charge on any atom is -0.355 e. The molecule has 2 heterocycles. The lowest BCUT2D eigenvalue weighted by molar-refractivity contribution is -0.121. The Kier molecular flexibility index (Phi) is 5.48. The lowest BCUT2D eigenvalue weighted by Crippen LogP contribution is -2.31. The fourth-order valence-electron chi connectivity index (χ4n) is 3.53. The molecule has 1 N–H and O–H groups in total.